The lowest BCUT2D eigenvalue weighted by molar-refractivity contribution is 0.103. The van der Waals surface area contributed by atoms with Gasteiger partial charge in [0, 0.05) is 16.8 Å². The molecule has 2 nitrogen and oxygen atoms in total. The Balaban J connectivity index is 2.98. The minimum atomic E-state index is -0.0905. The molecule has 0 aromatic heterocycles. The number of hydrogen-bond donors (Lipinski definition) is 0. The molecule has 0 aliphatic heterocycles. The largest absolute Gasteiger partial charge is 0.287 e. The highest BCUT2D eigenvalue weighted by molar-refractivity contribution is 6.30. The van der Waals surface area contributed by atoms with Crippen LogP contribution >= 0.6 is 11.6 Å². The average Bonchev–Trinajstić information content (AvgIpc) is 2.26. The molecule has 0 aliphatic carbocycles. The summed E-state index contributed by atoms with van der Waals surface area (Å²) < 4.78 is 0. The van der Waals surface area contributed by atoms with E-state index in [0.29, 0.717) is 16.3 Å². The van der Waals surface area contributed by atoms with E-state index in [0.717, 1.165) is 0 Å². The third-order valence-electron chi connectivity index (χ3n) is 1.88. The molecule has 78 valence electrons. The van der Waals surface area contributed by atoms with Gasteiger partial charge in [-0.1, -0.05) is 17.7 Å². The number of carbonyl (C=O) groups is 1. The zero-order valence-electron chi connectivity index (χ0n) is 8.70. The Kier molecular flexibility index (Phi) is 4.25. The molecular weight excluding hydrogens is 210 g/mol. The van der Waals surface area contributed by atoms with Crippen molar-refractivity contribution in [3.8, 4) is 0 Å². The van der Waals surface area contributed by atoms with Gasteiger partial charge in [-0.25, -0.2) is 0 Å². The molecule has 1 rings (SSSR count). The summed E-state index contributed by atoms with van der Waals surface area (Å²) in [6, 6.07) is 6.77. The van der Waals surface area contributed by atoms with Gasteiger partial charge in [0.2, 0.25) is 5.78 Å². The lowest BCUT2D eigenvalue weighted by atomic mass is 10.1. The molecule has 1 aromatic rings. The molecule has 0 saturated carbocycles. The zero-order valence-corrected chi connectivity index (χ0v) is 9.45. The first-order valence-corrected chi connectivity index (χ1v) is 5.02. The Bertz CT molecular complexity index is 404. The van der Waals surface area contributed by atoms with Crippen LogP contribution in [-0.2, 0) is 0 Å². The molecule has 0 unspecified atom stereocenters. The van der Waals surface area contributed by atoms with Crippen molar-refractivity contribution in [1.29, 1.82) is 0 Å². The fourth-order valence-electron chi connectivity index (χ4n) is 1.15. The molecule has 0 amide bonds. The summed E-state index contributed by atoms with van der Waals surface area (Å²) in [5, 5.41) is 0.618. The number of carbonyl (C=O) groups excluding carboxylic acids is 1. The van der Waals surface area contributed by atoms with Crippen molar-refractivity contribution in [2.24, 2.45) is 4.99 Å². The number of hydrogen-bond acceptors (Lipinski definition) is 2. The highest BCUT2D eigenvalue weighted by Gasteiger charge is 2.09. The van der Waals surface area contributed by atoms with Crippen LogP contribution in [0.3, 0.4) is 0 Å². The van der Waals surface area contributed by atoms with E-state index in [-0.39, 0.29) is 5.78 Å². The molecule has 0 bridgehead atoms. The van der Waals surface area contributed by atoms with Crippen molar-refractivity contribution in [2.45, 2.75) is 13.8 Å². The highest BCUT2D eigenvalue weighted by Crippen LogP contribution is 2.13. The number of rotatable bonds is 3. The third-order valence-corrected chi connectivity index (χ3v) is 2.13. The van der Waals surface area contributed by atoms with Crippen LogP contribution in [0.2, 0.25) is 5.02 Å². The van der Waals surface area contributed by atoms with E-state index in [1.165, 1.54) is 0 Å². The fraction of sp³-hybridized carbons (Fsp3) is 0.167. The van der Waals surface area contributed by atoms with Gasteiger partial charge in [0.15, 0.2) is 0 Å². The van der Waals surface area contributed by atoms with Gasteiger partial charge in [-0.05, 0) is 38.1 Å². The van der Waals surface area contributed by atoms with Crippen LogP contribution in [0.25, 0.3) is 0 Å². The number of Topliss-reactive ketones (excluding diaryl/α,β-unsaturated/α-hetero) is 1. The van der Waals surface area contributed by atoms with Gasteiger partial charge in [-0.2, -0.15) is 0 Å². The molecule has 0 N–H and O–H groups in total. The van der Waals surface area contributed by atoms with E-state index in [2.05, 4.69) is 4.99 Å². The summed E-state index contributed by atoms with van der Waals surface area (Å²) in [6.45, 7) is 3.56. The van der Waals surface area contributed by atoms with E-state index < -0.39 is 0 Å². The molecule has 0 heterocycles. The van der Waals surface area contributed by atoms with E-state index in [4.69, 9.17) is 11.6 Å². The maximum Gasteiger partial charge on any atom is 0.210 e. The van der Waals surface area contributed by atoms with Crippen LogP contribution in [0, 0.1) is 0 Å². The molecule has 0 spiro atoms. The van der Waals surface area contributed by atoms with E-state index >= 15 is 0 Å². The summed E-state index contributed by atoms with van der Waals surface area (Å²) in [5.41, 5.74) is 1.04. The van der Waals surface area contributed by atoms with Gasteiger partial charge in [0.1, 0.15) is 5.70 Å². The topological polar surface area (TPSA) is 29.4 Å². The zero-order chi connectivity index (χ0) is 11.3. The maximum atomic E-state index is 11.9. The van der Waals surface area contributed by atoms with Crippen molar-refractivity contribution in [1.82, 2.24) is 0 Å². The second kappa shape index (κ2) is 5.47. The van der Waals surface area contributed by atoms with Crippen LogP contribution in [0.1, 0.15) is 24.2 Å². The van der Waals surface area contributed by atoms with Crippen LogP contribution in [0.15, 0.2) is 41.0 Å². The van der Waals surface area contributed by atoms with E-state index in [9.17, 15) is 4.79 Å². The molecule has 0 aliphatic rings. The average molecular weight is 222 g/mol. The Morgan fingerprint density at radius 1 is 1.27 bits per heavy atom. The molecule has 1 aromatic carbocycles. The first kappa shape index (κ1) is 11.7. The molecule has 0 radical (unpaired) electrons. The third kappa shape index (κ3) is 3.03. The molecule has 15 heavy (non-hydrogen) atoms. The van der Waals surface area contributed by atoms with Gasteiger partial charge < -0.3 is 0 Å². The Hall–Kier alpha value is -1.41. The summed E-state index contributed by atoms with van der Waals surface area (Å²) >= 11 is 5.74. The van der Waals surface area contributed by atoms with Crippen LogP contribution in [0.5, 0.6) is 0 Å². The molecule has 0 saturated heterocycles. The smallest absolute Gasteiger partial charge is 0.210 e. The van der Waals surface area contributed by atoms with Crippen LogP contribution < -0.4 is 0 Å². The molecule has 0 fully saturated rings. The lowest BCUT2D eigenvalue weighted by Crippen LogP contribution is -2.01. The first-order chi connectivity index (χ1) is 7.19. The Morgan fingerprint density at radius 2 is 1.87 bits per heavy atom. The lowest BCUT2D eigenvalue weighted by Gasteiger charge is -2.00. The molecule has 0 atom stereocenters. The van der Waals surface area contributed by atoms with Crippen LogP contribution in [-0.4, -0.2) is 12.0 Å². The highest BCUT2D eigenvalue weighted by atomic mass is 35.5. The number of benzene rings is 1. The summed E-state index contributed by atoms with van der Waals surface area (Å²) in [7, 11) is 0. The number of halogens is 1. The second-order valence-electron chi connectivity index (χ2n) is 2.90. The number of ketones is 1. The minimum Gasteiger partial charge on any atom is -0.287 e. The normalized spacial score (nSPS) is 12.1. The maximum absolute atomic E-state index is 11.9. The van der Waals surface area contributed by atoms with Gasteiger partial charge in [0.25, 0.3) is 0 Å². The molecular formula is C12H12ClNO. The summed E-state index contributed by atoms with van der Waals surface area (Å²) in [4.78, 5) is 15.8. The van der Waals surface area contributed by atoms with E-state index in [1.807, 2.05) is 0 Å². The molecule has 3 heteroatoms. The van der Waals surface area contributed by atoms with Crippen molar-refractivity contribution < 1.29 is 4.79 Å². The predicted molar refractivity (Wildman–Crippen MR) is 63.7 cm³/mol. The van der Waals surface area contributed by atoms with E-state index in [1.54, 1.807) is 50.4 Å². The van der Waals surface area contributed by atoms with Gasteiger partial charge in [-0.15, -0.1) is 0 Å². The van der Waals surface area contributed by atoms with Gasteiger partial charge in [-0.3, -0.25) is 9.79 Å². The number of aliphatic imine (C=N–C) groups is 1. The standard InChI is InChI=1S/C12H12ClNO/c1-3-11(14-4-2)12(15)9-5-7-10(13)8-6-9/h3-8H,1-2H3/b11-3-,14-4?. The first-order valence-electron chi connectivity index (χ1n) is 4.64. The second-order valence-corrected chi connectivity index (χ2v) is 3.33. The fourth-order valence-corrected chi connectivity index (χ4v) is 1.28. The summed E-state index contributed by atoms with van der Waals surface area (Å²) in [6.07, 6.45) is 3.29. The number of allylic oxidation sites excluding steroid dienone is 2. The van der Waals surface area contributed by atoms with Crippen LogP contribution in [0.4, 0.5) is 0 Å². The monoisotopic (exact) mass is 221 g/mol. The van der Waals surface area contributed by atoms with Crippen molar-refractivity contribution in [3.05, 3.63) is 46.6 Å². The SMILES string of the molecule is CC=N/C(=C\C)C(=O)c1ccc(Cl)cc1. The minimum absolute atomic E-state index is 0.0905. The predicted octanol–water partition coefficient (Wildman–Crippen LogP) is 3.52. The quantitative estimate of drug-likeness (QED) is 0.436. The van der Waals surface area contributed by atoms with Crippen molar-refractivity contribution in [3.63, 3.8) is 0 Å². The summed E-state index contributed by atoms with van der Waals surface area (Å²) in [5.74, 6) is -0.0905. The van der Waals surface area contributed by atoms with Gasteiger partial charge >= 0.3 is 0 Å². The van der Waals surface area contributed by atoms with Gasteiger partial charge in [0.05, 0.1) is 0 Å². The number of nitrogens with zero attached hydrogens (tertiary/aromatic N) is 1. The van der Waals surface area contributed by atoms with Crippen molar-refractivity contribution in [2.75, 3.05) is 0 Å². The van der Waals surface area contributed by atoms with Crippen molar-refractivity contribution >= 4 is 23.6 Å². The Morgan fingerprint density at radius 3 is 2.33 bits per heavy atom. The Labute approximate surface area is 94.3 Å².